The smallest absolute Gasteiger partial charge is 0.322 e. The SMILES string of the molecule is CC(C)c1ccc2c(-c3ccc(N)cc3)cnc(NCC(=O)O)c2c1. The summed E-state index contributed by atoms with van der Waals surface area (Å²) < 4.78 is 0. The first-order valence-corrected chi connectivity index (χ1v) is 8.20. The lowest BCUT2D eigenvalue weighted by atomic mass is 9.95. The van der Waals surface area contributed by atoms with Crippen molar-refractivity contribution in [3.63, 3.8) is 0 Å². The Morgan fingerprint density at radius 3 is 2.52 bits per heavy atom. The van der Waals surface area contributed by atoms with E-state index in [1.165, 1.54) is 5.56 Å². The molecular formula is C20H21N3O2. The van der Waals surface area contributed by atoms with Crippen molar-refractivity contribution in [3.05, 3.63) is 54.2 Å². The molecule has 0 fully saturated rings. The Balaban J connectivity index is 2.18. The number of aromatic nitrogens is 1. The second kappa shape index (κ2) is 6.81. The molecule has 0 aliphatic rings. The molecule has 3 rings (SSSR count). The highest BCUT2D eigenvalue weighted by Crippen LogP contribution is 2.33. The zero-order valence-electron chi connectivity index (χ0n) is 14.3. The highest BCUT2D eigenvalue weighted by Gasteiger charge is 2.12. The molecule has 2 aromatic carbocycles. The van der Waals surface area contributed by atoms with Crippen molar-refractivity contribution in [1.82, 2.24) is 4.98 Å². The van der Waals surface area contributed by atoms with Gasteiger partial charge in [0.15, 0.2) is 0 Å². The van der Waals surface area contributed by atoms with Crippen LogP contribution >= 0.6 is 0 Å². The first kappa shape index (κ1) is 16.8. The van der Waals surface area contributed by atoms with Gasteiger partial charge in [-0.1, -0.05) is 38.1 Å². The van der Waals surface area contributed by atoms with Gasteiger partial charge in [-0.15, -0.1) is 0 Å². The summed E-state index contributed by atoms with van der Waals surface area (Å²) in [4.78, 5) is 15.4. The van der Waals surface area contributed by atoms with Crippen molar-refractivity contribution < 1.29 is 9.90 Å². The highest BCUT2D eigenvalue weighted by molar-refractivity contribution is 6.02. The van der Waals surface area contributed by atoms with E-state index in [2.05, 4.69) is 42.3 Å². The van der Waals surface area contributed by atoms with Gasteiger partial charge >= 0.3 is 5.97 Å². The van der Waals surface area contributed by atoms with Crippen LogP contribution in [0.1, 0.15) is 25.3 Å². The van der Waals surface area contributed by atoms with Crippen LogP contribution in [0.2, 0.25) is 0 Å². The van der Waals surface area contributed by atoms with E-state index in [0.29, 0.717) is 17.4 Å². The van der Waals surface area contributed by atoms with Crippen molar-refractivity contribution in [2.45, 2.75) is 19.8 Å². The van der Waals surface area contributed by atoms with Gasteiger partial charge < -0.3 is 16.2 Å². The first-order chi connectivity index (χ1) is 12.0. The number of carboxylic acid groups (broad SMARTS) is 1. The number of fused-ring (bicyclic) bond motifs is 1. The van der Waals surface area contributed by atoms with Crippen molar-refractivity contribution in [2.75, 3.05) is 17.6 Å². The van der Waals surface area contributed by atoms with Gasteiger partial charge in [-0.25, -0.2) is 4.98 Å². The lowest BCUT2D eigenvalue weighted by Crippen LogP contribution is -2.13. The number of carboxylic acids is 1. The quantitative estimate of drug-likeness (QED) is 0.611. The molecule has 0 bridgehead atoms. The number of nitrogen functional groups attached to an aromatic ring is 1. The zero-order valence-corrected chi connectivity index (χ0v) is 14.3. The molecule has 1 heterocycles. The van der Waals surface area contributed by atoms with Crippen LogP contribution < -0.4 is 11.1 Å². The number of nitrogens with one attached hydrogen (secondary N) is 1. The number of benzene rings is 2. The van der Waals surface area contributed by atoms with Crippen LogP contribution in [0.15, 0.2) is 48.7 Å². The average molecular weight is 335 g/mol. The first-order valence-electron chi connectivity index (χ1n) is 8.20. The van der Waals surface area contributed by atoms with Gasteiger partial charge in [-0.2, -0.15) is 0 Å². The minimum absolute atomic E-state index is 0.171. The molecule has 0 aliphatic carbocycles. The normalized spacial score (nSPS) is 11.0. The van der Waals surface area contributed by atoms with Crippen molar-refractivity contribution in [3.8, 4) is 11.1 Å². The van der Waals surface area contributed by atoms with Crippen molar-refractivity contribution in [1.29, 1.82) is 0 Å². The van der Waals surface area contributed by atoms with Gasteiger partial charge in [-0.05, 0) is 40.6 Å². The summed E-state index contributed by atoms with van der Waals surface area (Å²) in [5, 5.41) is 13.8. The fourth-order valence-corrected chi connectivity index (χ4v) is 2.81. The van der Waals surface area contributed by atoms with E-state index < -0.39 is 5.97 Å². The molecule has 0 atom stereocenters. The molecule has 0 unspecified atom stereocenters. The molecule has 0 amide bonds. The molecular weight excluding hydrogens is 314 g/mol. The number of nitrogens with zero attached hydrogens (tertiary/aromatic N) is 1. The van der Waals surface area contributed by atoms with E-state index in [-0.39, 0.29) is 6.54 Å². The third-order valence-corrected chi connectivity index (χ3v) is 4.21. The van der Waals surface area contributed by atoms with E-state index in [1.54, 1.807) is 6.20 Å². The molecule has 0 spiro atoms. The number of rotatable bonds is 5. The second-order valence-electron chi connectivity index (χ2n) is 6.35. The van der Waals surface area contributed by atoms with Crippen molar-refractivity contribution in [2.24, 2.45) is 0 Å². The summed E-state index contributed by atoms with van der Waals surface area (Å²) >= 11 is 0. The van der Waals surface area contributed by atoms with Gasteiger partial charge in [0.05, 0.1) is 0 Å². The summed E-state index contributed by atoms with van der Waals surface area (Å²) in [6.45, 7) is 4.08. The molecule has 0 saturated carbocycles. The van der Waals surface area contributed by atoms with Gasteiger partial charge in [0, 0.05) is 22.8 Å². The highest BCUT2D eigenvalue weighted by atomic mass is 16.4. The Morgan fingerprint density at radius 1 is 1.16 bits per heavy atom. The van der Waals surface area contributed by atoms with E-state index in [1.807, 2.05) is 24.3 Å². The van der Waals surface area contributed by atoms with Gasteiger partial charge in [0.1, 0.15) is 12.4 Å². The molecule has 128 valence electrons. The molecule has 25 heavy (non-hydrogen) atoms. The Morgan fingerprint density at radius 2 is 1.88 bits per heavy atom. The minimum Gasteiger partial charge on any atom is -0.480 e. The van der Waals surface area contributed by atoms with Crippen LogP contribution in [-0.2, 0) is 4.79 Å². The van der Waals surface area contributed by atoms with E-state index in [0.717, 1.165) is 21.9 Å². The lowest BCUT2D eigenvalue weighted by Gasteiger charge is -2.14. The van der Waals surface area contributed by atoms with Crippen LogP contribution in [0, 0.1) is 0 Å². The average Bonchev–Trinajstić information content (AvgIpc) is 2.59. The Kier molecular flexibility index (Phi) is 4.57. The molecule has 1 aromatic heterocycles. The van der Waals surface area contributed by atoms with E-state index in [4.69, 9.17) is 10.8 Å². The van der Waals surface area contributed by atoms with Gasteiger partial charge in [-0.3, -0.25) is 4.79 Å². The topological polar surface area (TPSA) is 88.2 Å². The number of nitrogens with two attached hydrogens (primary N) is 1. The summed E-state index contributed by atoms with van der Waals surface area (Å²) in [5.41, 5.74) is 9.69. The van der Waals surface area contributed by atoms with Crippen LogP contribution in [0.3, 0.4) is 0 Å². The number of anilines is 2. The molecule has 5 nitrogen and oxygen atoms in total. The predicted octanol–water partition coefficient (Wildman–Crippen LogP) is 4.10. The third-order valence-electron chi connectivity index (χ3n) is 4.21. The monoisotopic (exact) mass is 335 g/mol. The number of carbonyl (C=O) groups is 1. The standard InChI is InChI=1S/C20H21N3O2/c1-12(2)14-5-8-16-17(9-14)20(23-11-19(24)25)22-10-18(16)13-3-6-15(21)7-4-13/h3-10,12H,11,21H2,1-2H3,(H,22,23)(H,24,25). The predicted molar refractivity (Wildman–Crippen MR) is 102 cm³/mol. The van der Waals surface area contributed by atoms with E-state index >= 15 is 0 Å². The van der Waals surface area contributed by atoms with Gasteiger partial charge in [0.25, 0.3) is 0 Å². The summed E-state index contributed by atoms with van der Waals surface area (Å²) in [7, 11) is 0. The van der Waals surface area contributed by atoms with Crippen molar-refractivity contribution >= 4 is 28.2 Å². The molecule has 3 aromatic rings. The minimum atomic E-state index is -0.919. The molecule has 0 radical (unpaired) electrons. The largest absolute Gasteiger partial charge is 0.480 e. The summed E-state index contributed by atoms with van der Waals surface area (Å²) in [6.07, 6.45) is 1.77. The fraction of sp³-hybridized carbons (Fsp3) is 0.200. The Bertz CT molecular complexity index is 918. The Hall–Kier alpha value is -3.08. The molecule has 5 heteroatoms. The third kappa shape index (κ3) is 3.55. The molecule has 0 saturated heterocycles. The zero-order chi connectivity index (χ0) is 18.0. The number of hydrogen-bond donors (Lipinski definition) is 3. The van der Waals surface area contributed by atoms with Gasteiger partial charge in [0.2, 0.25) is 0 Å². The lowest BCUT2D eigenvalue weighted by molar-refractivity contribution is -0.134. The number of hydrogen-bond acceptors (Lipinski definition) is 4. The second-order valence-corrected chi connectivity index (χ2v) is 6.35. The maximum absolute atomic E-state index is 10.9. The number of aliphatic carboxylic acids is 1. The van der Waals surface area contributed by atoms with Crippen LogP contribution in [0.4, 0.5) is 11.5 Å². The molecule has 4 N–H and O–H groups in total. The van der Waals surface area contributed by atoms with E-state index in [9.17, 15) is 4.79 Å². The summed E-state index contributed by atoms with van der Waals surface area (Å²) in [5.74, 6) is 0.0357. The molecule has 0 aliphatic heterocycles. The number of pyridine rings is 1. The maximum Gasteiger partial charge on any atom is 0.322 e. The maximum atomic E-state index is 10.9. The fourth-order valence-electron chi connectivity index (χ4n) is 2.81. The summed E-state index contributed by atoms with van der Waals surface area (Å²) in [6, 6.07) is 13.9. The van der Waals surface area contributed by atoms with Crippen LogP contribution in [0.25, 0.3) is 21.9 Å². The Labute approximate surface area is 146 Å². The van der Waals surface area contributed by atoms with Crippen LogP contribution in [-0.4, -0.2) is 22.6 Å². The van der Waals surface area contributed by atoms with Crippen LogP contribution in [0.5, 0.6) is 0 Å².